The molecule has 20 heavy (non-hydrogen) atoms. The zero-order chi connectivity index (χ0) is 14.4. The van der Waals surface area contributed by atoms with Crippen LogP contribution in [0.15, 0.2) is 48.7 Å². The van der Waals surface area contributed by atoms with Crippen LogP contribution in [0, 0.1) is 0 Å². The summed E-state index contributed by atoms with van der Waals surface area (Å²) in [6.07, 6.45) is 2.66. The summed E-state index contributed by atoms with van der Waals surface area (Å²) in [6, 6.07) is 13.3. The number of hydrogen-bond acceptors (Lipinski definition) is 2. The molecular weight excluding hydrogens is 250 g/mol. The number of rotatable bonds is 4. The Morgan fingerprint density at radius 1 is 1.20 bits per heavy atom. The van der Waals surface area contributed by atoms with E-state index in [9.17, 15) is 4.79 Å². The van der Waals surface area contributed by atoms with Crippen molar-refractivity contribution in [3.05, 3.63) is 59.8 Å². The average molecular weight is 269 g/mol. The molecule has 2 aromatic rings. The fraction of sp³-hybridized carbons (Fsp3) is 0.250. The minimum Gasteiger partial charge on any atom is -0.331 e. The second-order valence-corrected chi connectivity index (χ2v) is 4.63. The van der Waals surface area contributed by atoms with Crippen LogP contribution in [-0.2, 0) is 6.42 Å². The van der Waals surface area contributed by atoms with Crippen molar-refractivity contribution in [2.24, 2.45) is 0 Å². The number of aromatic nitrogens is 1. The summed E-state index contributed by atoms with van der Waals surface area (Å²) in [4.78, 5) is 15.9. The molecule has 0 aliphatic rings. The Labute approximate surface area is 119 Å². The number of carbonyl (C=O) groups excluding carboxylic acids is 1. The van der Waals surface area contributed by atoms with Crippen LogP contribution >= 0.6 is 0 Å². The van der Waals surface area contributed by atoms with Gasteiger partial charge in [-0.15, -0.1) is 0 Å². The Kier molecular flexibility index (Phi) is 4.71. The van der Waals surface area contributed by atoms with Gasteiger partial charge in [0, 0.05) is 6.20 Å². The Bertz CT molecular complexity index is 552. The molecular formula is C16H19N3O. The molecule has 0 saturated heterocycles. The second-order valence-electron chi connectivity index (χ2n) is 4.63. The molecule has 4 nitrogen and oxygen atoms in total. The highest BCUT2D eigenvalue weighted by Gasteiger charge is 2.09. The summed E-state index contributed by atoms with van der Waals surface area (Å²) >= 11 is 0. The highest BCUT2D eigenvalue weighted by molar-refractivity contribution is 5.88. The van der Waals surface area contributed by atoms with Gasteiger partial charge >= 0.3 is 6.03 Å². The summed E-state index contributed by atoms with van der Waals surface area (Å²) in [6.45, 7) is 4.08. The van der Waals surface area contributed by atoms with E-state index >= 15 is 0 Å². The number of hydrogen-bond donors (Lipinski definition) is 2. The van der Waals surface area contributed by atoms with Gasteiger partial charge in [0.25, 0.3) is 0 Å². The van der Waals surface area contributed by atoms with E-state index in [-0.39, 0.29) is 12.1 Å². The van der Waals surface area contributed by atoms with Crippen LogP contribution in [0.2, 0.25) is 0 Å². The van der Waals surface area contributed by atoms with Gasteiger partial charge in [-0.3, -0.25) is 5.32 Å². The third-order valence-corrected chi connectivity index (χ3v) is 3.14. The Hall–Kier alpha value is -2.36. The first-order valence-electron chi connectivity index (χ1n) is 6.76. The maximum absolute atomic E-state index is 11.9. The molecule has 1 aromatic carbocycles. The summed E-state index contributed by atoms with van der Waals surface area (Å²) < 4.78 is 0. The lowest BCUT2D eigenvalue weighted by Crippen LogP contribution is -2.31. The van der Waals surface area contributed by atoms with Crippen molar-refractivity contribution in [1.29, 1.82) is 0 Å². The minimum absolute atomic E-state index is 0.0513. The summed E-state index contributed by atoms with van der Waals surface area (Å²) in [5.41, 5.74) is 2.37. The molecule has 0 aliphatic heterocycles. The summed E-state index contributed by atoms with van der Waals surface area (Å²) in [7, 11) is 0. The fourth-order valence-electron chi connectivity index (χ4n) is 1.91. The Balaban J connectivity index is 1.93. The summed E-state index contributed by atoms with van der Waals surface area (Å²) in [5.74, 6) is 0.540. The predicted molar refractivity (Wildman–Crippen MR) is 80.6 cm³/mol. The SMILES string of the molecule is CCc1ccc(C(C)NC(=O)Nc2ccccn2)cc1. The highest BCUT2D eigenvalue weighted by Crippen LogP contribution is 2.14. The number of amides is 2. The van der Waals surface area contributed by atoms with Gasteiger partial charge < -0.3 is 5.32 Å². The van der Waals surface area contributed by atoms with Crippen LogP contribution in [0.1, 0.15) is 31.0 Å². The molecule has 1 atom stereocenters. The first-order chi connectivity index (χ1) is 9.69. The van der Waals surface area contributed by atoms with Crippen molar-refractivity contribution in [3.8, 4) is 0 Å². The van der Waals surface area contributed by atoms with Crippen LogP contribution < -0.4 is 10.6 Å². The standard InChI is InChI=1S/C16H19N3O/c1-3-13-7-9-14(10-8-13)12(2)18-16(20)19-15-6-4-5-11-17-15/h4-12H,3H2,1-2H3,(H2,17,18,19,20). The Morgan fingerprint density at radius 3 is 2.55 bits per heavy atom. The van der Waals surface area contributed by atoms with Gasteiger partial charge in [-0.1, -0.05) is 37.3 Å². The monoisotopic (exact) mass is 269 g/mol. The number of carbonyl (C=O) groups is 1. The molecule has 1 heterocycles. The molecule has 1 unspecified atom stereocenters. The van der Waals surface area contributed by atoms with Crippen molar-refractivity contribution in [1.82, 2.24) is 10.3 Å². The first kappa shape index (κ1) is 14.1. The predicted octanol–water partition coefficient (Wildman–Crippen LogP) is 3.53. The number of urea groups is 1. The number of nitrogens with zero attached hydrogens (tertiary/aromatic N) is 1. The highest BCUT2D eigenvalue weighted by atomic mass is 16.2. The second kappa shape index (κ2) is 6.70. The lowest BCUT2D eigenvalue weighted by atomic mass is 10.1. The molecule has 0 spiro atoms. The summed E-state index contributed by atoms with van der Waals surface area (Å²) in [5, 5.41) is 5.60. The van der Waals surface area contributed by atoms with Crippen LogP contribution in [0.3, 0.4) is 0 Å². The van der Waals surface area contributed by atoms with E-state index in [1.807, 2.05) is 25.1 Å². The van der Waals surface area contributed by atoms with Gasteiger partial charge in [0.05, 0.1) is 6.04 Å². The van der Waals surface area contributed by atoms with E-state index in [1.54, 1.807) is 18.3 Å². The topological polar surface area (TPSA) is 54.0 Å². The molecule has 2 rings (SSSR count). The van der Waals surface area contributed by atoms with Gasteiger partial charge in [0.15, 0.2) is 0 Å². The van der Waals surface area contributed by atoms with E-state index in [1.165, 1.54) is 5.56 Å². The van der Waals surface area contributed by atoms with Gasteiger partial charge in [0.1, 0.15) is 5.82 Å². The third-order valence-electron chi connectivity index (χ3n) is 3.14. The van der Waals surface area contributed by atoms with E-state index in [4.69, 9.17) is 0 Å². The number of aryl methyl sites for hydroxylation is 1. The van der Waals surface area contributed by atoms with Gasteiger partial charge in [-0.05, 0) is 36.6 Å². The zero-order valence-electron chi connectivity index (χ0n) is 11.8. The smallest absolute Gasteiger partial charge is 0.320 e. The van der Waals surface area contributed by atoms with Gasteiger partial charge in [-0.2, -0.15) is 0 Å². The zero-order valence-corrected chi connectivity index (χ0v) is 11.8. The maximum atomic E-state index is 11.9. The molecule has 0 radical (unpaired) electrons. The van der Waals surface area contributed by atoms with Crippen molar-refractivity contribution < 1.29 is 4.79 Å². The van der Waals surface area contributed by atoms with Crippen molar-refractivity contribution in [3.63, 3.8) is 0 Å². The van der Waals surface area contributed by atoms with E-state index < -0.39 is 0 Å². The number of pyridine rings is 1. The van der Waals surface area contributed by atoms with Crippen LogP contribution in [0.5, 0.6) is 0 Å². The number of anilines is 1. The molecule has 0 fully saturated rings. The molecule has 0 bridgehead atoms. The molecule has 104 valence electrons. The Morgan fingerprint density at radius 2 is 1.95 bits per heavy atom. The minimum atomic E-state index is -0.254. The van der Waals surface area contributed by atoms with Crippen molar-refractivity contribution in [2.75, 3.05) is 5.32 Å². The molecule has 0 saturated carbocycles. The van der Waals surface area contributed by atoms with Gasteiger partial charge in [0.2, 0.25) is 0 Å². The quantitative estimate of drug-likeness (QED) is 0.892. The molecule has 2 amide bonds. The molecule has 2 N–H and O–H groups in total. The van der Waals surface area contributed by atoms with Crippen LogP contribution in [0.4, 0.5) is 10.6 Å². The van der Waals surface area contributed by atoms with E-state index in [0.29, 0.717) is 5.82 Å². The largest absolute Gasteiger partial charge is 0.331 e. The van der Waals surface area contributed by atoms with Crippen molar-refractivity contribution >= 4 is 11.8 Å². The average Bonchev–Trinajstić information content (AvgIpc) is 2.48. The first-order valence-corrected chi connectivity index (χ1v) is 6.76. The van der Waals surface area contributed by atoms with E-state index in [2.05, 4.69) is 34.7 Å². The normalized spacial score (nSPS) is 11.7. The number of nitrogens with one attached hydrogen (secondary N) is 2. The lowest BCUT2D eigenvalue weighted by molar-refractivity contribution is 0.249. The van der Waals surface area contributed by atoms with E-state index in [0.717, 1.165) is 12.0 Å². The maximum Gasteiger partial charge on any atom is 0.320 e. The van der Waals surface area contributed by atoms with Crippen molar-refractivity contribution in [2.45, 2.75) is 26.3 Å². The third kappa shape index (κ3) is 3.82. The van der Waals surface area contributed by atoms with Crippen LogP contribution in [0.25, 0.3) is 0 Å². The molecule has 1 aromatic heterocycles. The molecule has 0 aliphatic carbocycles. The fourth-order valence-corrected chi connectivity index (χ4v) is 1.91. The lowest BCUT2D eigenvalue weighted by Gasteiger charge is -2.15. The van der Waals surface area contributed by atoms with Crippen LogP contribution in [-0.4, -0.2) is 11.0 Å². The number of benzene rings is 1. The van der Waals surface area contributed by atoms with Gasteiger partial charge in [-0.25, -0.2) is 9.78 Å². The molecule has 4 heteroatoms.